The van der Waals surface area contributed by atoms with E-state index in [0.717, 1.165) is 10.5 Å². The SMILES string of the molecule is CCC(Sc1cnc(Cl)cc1Cl)C(=O)NCc1ccc2sccc2c1. The third kappa shape index (κ3) is 4.67. The Morgan fingerprint density at radius 1 is 1.32 bits per heavy atom. The van der Waals surface area contributed by atoms with Crippen LogP contribution in [0.15, 0.2) is 46.8 Å². The summed E-state index contributed by atoms with van der Waals surface area (Å²) in [6, 6.07) is 9.93. The van der Waals surface area contributed by atoms with Crippen molar-refractivity contribution in [3.05, 3.63) is 57.6 Å². The molecule has 1 amide bonds. The Labute approximate surface area is 164 Å². The Hall–Kier alpha value is -1.27. The van der Waals surface area contributed by atoms with Crippen molar-refractivity contribution in [3.8, 4) is 0 Å². The van der Waals surface area contributed by atoms with Crippen molar-refractivity contribution in [2.45, 2.75) is 30.0 Å². The standard InChI is InChI=1S/C18H16Cl2N2OS2/c1-2-14(25-16-10-21-17(20)8-13(16)19)18(23)22-9-11-3-4-15-12(7-11)5-6-24-15/h3-8,10,14H,2,9H2,1H3,(H,22,23). The quantitative estimate of drug-likeness (QED) is 0.412. The predicted octanol–water partition coefficient (Wildman–Crippen LogP) is 5.79. The molecule has 130 valence electrons. The lowest BCUT2D eigenvalue weighted by atomic mass is 10.1. The number of halogens is 2. The highest BCUT2D eigenvalue weighted by Gasteiger charge is 2.19. The molecule has 3 nitrogen and oxygen atoms in total. The lowest BCUT2D eigenvalue weighted by molar-refractivity contribution is -0.120. The van der Waals surface area contributed by atoms with Crippen LogP contribution < -0.4 is 5.32 Å². The lowest BCUT2D eigenvalue weighted by Crippen LogP contribution is -2.31. The number of carbonyl (C=O) groups is 1. The molecule has 1 atom stereocenters. The van der Waals surface area contributed by atoms with Gasteiger partial charge in [0.1, 0.15) is 5.15 Å². The molecule has 1 aromatic carbocycles. The van der Waals surface area contributed by atoms with E-state index in [1.165, 1.54) is 21.8 Å². The molecule has 0 aliphatic rings. The van der Waals surface area contributed by atoms with Gasteiger partial charge in [-0.2, -0.15) is 0 Å². The highest BCUT2D eigenvalue weighted by atomic mass is 35.5. The number of thioether (sulfide) groups is 1. The fourth-order valence-electron chi connectivity index (χ4n) is 2.39. The molecule has 0 bridgehead atoms. The van der Waals surface area contributed by atoms with Gasteiger partial charge >= 0.3 is 0 Å². The third-order valence-corrected chi connectivity index (χ3v) is 6.64. The molecule has 3 rings (SSSR count). The highest BCUT2D eigenvalue weighted by molar-refractivity contribution is 8.00. The maximum Gasteiger partial charge on any atom is 0.233 e. The Balaban J connectivity index is 1.63. The van der Waals surface area contributed by atoms with Gasteiger partial charge in [-0.3, -0.25) is 4.79 Å². The maximum atomic E-state index is 12.5. The second-order valence-electron chi connectivity index (χ2n) is 5.46. The number of benzene rings is 1. The number of rotatable bonds is 6. The molecule has 2 heterocycles. The van der Waals surface area contributed by atoms with E-state index < -0.39 is 0 Å². The fourth-order valence-corrected chi connectivity index (χ4v) is 4.61. The minimum Gasteiger partial charge on any atom is -0.351 e. The van der Waals surface area contributed by atoms with Crippen molar-refractivity contribution in [3.63, 3.8) is 0 Å². The summed E-state index contributed by atoms with van der Waals surface area (Å²) in [5.41, 5.74) is 1.09. The van der Waals surface area contributed by atoms with Gasteiger partial charge in [0.2, 0.25) is 5.91 Å². The first-order chi connectivity index (χ1) is 12.1. The Morgan fingerprint density at radius 2 is 2.16 bits per heavy atom. The Bertz CT molecular complexity index is 898. The van der Waals surface area contributed by atoms with Gasteiger partial charge in [-0.1, -0.05) is 36.2 Å². The van der Waals surface area contributed by atoms with Gasteiger partial charge < -0.3 is 5.32 Å². The number of hydrogen-bond donors (Lipinski definition) is 1. The second-order valence-corrected chi connectivity index (χ2v) is 8.45. The molecule has 2 aromatic heterocycles. The average Bonchev–Trinajstić information content (AvgIpc) is 3.07. The summed E-state index contributed by atoms with van der Waals surface area (Å²) in [5.74, 6) is -0.0102. The first-order valence-corrected chi connectivity index (χ1v) is 10.3. The molecule has 25 heavy (non-hydrogen) atoms. The van der Waals surface area contributed by atoms with Crippen molar-refractivity contribution in [1.29, 1.82) is 0 Å². The van der Waals surface area contributed by atoms with Gasteiger partial charge in [0.05, 0.1) is 10.3 Å². The number of nitrogens with one attached hydrogen (secondary N) is 1. The molecule has 7 heteroatoms. The number of thiophene rings is 1. The zero-order valence-corrected chi connectivity index (χ0v) is 16.6. The van der Waals surface area contributed by atoms with Crippen LogP contribution >= 0.6 is 46.3 Å². The van der Waals surface area contributed by atoms with Gasteiger partial charge in [0.15, 0.2) is 0 Å². The zero-order chi connectivity index (χ0) is 17.8. The van der Waals surface area contributed by atoms with Crippen LogP contribution in [0.25, 0.3) is 10.1 Å². The van der Waals surface area contributed by atoms with Crippen molar-refractivity contribution in [2.24, 2.45) is 0 Å². The summed E-state index contributed by atoms with van der Waals surface area (Å²) in [6.45, 7) is 2.49. The van der Waals surface area contributed by atoms with Crippen LogP contribution in [-0.4, -0.2) is 16.1 Å². The number of carbonyl (C=O) groups excluding carboxylic acids is 1. The highest BCUT2D eigenvalue weighted by Crippen LogP contribution is 2.32. The summed E-state index contributed by atoms with van der Waals surface area (Å²) < 4.78 is 1.25. The number of fused-ring (bicyclic) bond motifs is 1. The van der Waals surface area contributed by atoms with Crippen LogP contribution in [-0.2, 0) is 11.3 Å². The van der Waals surface area contributed by atoms with Gasteiger partial charge in [0, 0.05) is 22.3 Å². The Morgan fingerprint density at radius 3 is 2.92 bits per heavy atom. The van der Waals surface area contributed by atoms with Crippen LogP contribution in [0.2, 0.25) is 10.2 Å². The van der Waals surface area contributed by atoms with Crippen molar-refractivity contribution in [2.75, 3.05) is 0 Å². The van der Waals surface area contributed by atoms with E-state index in [9.17, 15) is 4.79 Å². The third-order valence-electron chi connectivity index (χ3n) is 3.70. The minimum absolute atomic E-state index is 0.0102. The van der Waals surface area contributed by atoms with E-state index in [-0.39, 0.29) is 11.2 Å². The number of aromatic nitrogens is 1. The number of pyridine rings is 1. The zero-order valence-electron chi connectivity index (χ0n) is 13.5. The van der Waals surface area contributed by atoms with Crippen molar-refractivity contribution >= 4 is 62.3 Å². The van der Waals surface area contributed by atoms with E-state index in [0.29, 0.717) is 23.1 Å². The van der Waals surface area contributed by atoms with E-state index in [4.69, 9.17) is 23.2 Å². The van der Waals surface area contributed by atoms with Crippen molar-refractivity contribution in [1.82, 2.24) is 10.3 Å². The number of amides is 1. The van der Waals surface area contributed by atoms with Gasteiger partial charge in [0.25, 0.3) is 0 Å². The molecule has 1 unspecified atom stereocenters. The van der Waals surface area contributed by atoms with Crippen LogP contribution in [0.5, 0.6) is 0 Å². The van der Waals surface area contributed by atoms with Gasteiger partial charge in [-0.15, -0.1) is 23.1 Å². The molecule has 0 aliphatic carbocycles. The Kier molecular flexibility index (Phi) is 6.23. The first kappa shape index (κ1) is 18.5. The van der Waals surface area contributed by atoms with Gasteiger partial charge in [-0.05, 0) is 47.0 Å². The number of hydrogen-bond acceptors (Lipinski definition) is 4. The molecule has 0 aliphatic heterocycles. The molecule has 0 saturated heterocycles. The predicted molar refractivity (Wildman–Crippen MR) is 108 cm³/mol. The molecular weight excluding hydrogens is 395 g/mol. The fraction of sp³-hybridized carbons (Fsp3) is 0.222. The summed E-state index contributed by atoms with van der Waals surface area (Å²) in [5, 5.41) is 6.91. The summed E-state index contributed by atoms with van der Waals surface area (Å²) in [7, 11) is 0. The summed E-state index contributed by atoms with van der Waals surface area (Å²) in [4.78, 5) is 17.3. The topological polar surface area (TPSA) is 42.0 Å². The van der Waals surface area contributed by atoms with Crippen LogP contribution in [0.3, 0.4) is 0 Å². The largest absolute Gasteiger partial charge is 0.351 e. The molecule has 0 spiro atoms. The summed E-state index contributed by atoms with van der Waals surface area (Å²) >= 11 is 15.1. The molecule has 1 N–H and O–H groups in total. The normalized spacial score (nSPS) is 12.3. The monoisotopic (exact) mass is 410 g/mol. The van der Waals surface area contributed by atoms with Crippen LogP contribution in [0.4, 0.5) is 0 Å². The summed E-state index contributed by atoms with van der Waals surface area (Å²) in [6.07, 6.45) is 2.30. The lowest BCUT2D eigenvalue weighted by Gasteiger charge is -2.15. The average molecular weight is 411 g/mol. The van der Waals surface area contributed by atoms with E-state index >= 15 is 0 Å². The minimum atomic E-state index is -0.231. The van der Waals surface area contributed by atoms with Crippen LogP contribution in [0.1, 0.15) is 18.9 Å². The first-order valence-electron chi connectivity index (χ1n) is 7.78. The second kappa shape index (κ2) is 8.41. The molecule has 0 saturated carbocycles. The van der Waals surface area contributed by atoms with E-state index in [1.54, 1.807) is 23.6 Å². The molecular formula is C18H16Cl2N2OS2. The van der Waals surface area contributed by atoms with E-state index in [2.05, 4.69) is 33.9 Å². The van der Waals surface area contributed by atoms with E-state index in [1.807, 2.05) is 13.0 Å². The van der Waals surface area contributed by atoms with Crippen LogP contribution in [0, 0.1) is 0 Å². The molecule has 0 fully saturated rings. The molecule has 3 aromatic rings. The smallest absolute Gasteiger partial charge is 0.233 e. The van der Waals surface area contributed by atoms with Crippen molar-refractivity contribution < 1.29 is 4.79 Å². The molecule has 0 radical (unpaired) electrons. The number of nitrogens with zero attached hydrogens (tertiary/aromatic N) is 1. The maximum absolute atomic E-state index is 12.5. The van der Waals surface area contributed by atoms with Gasteiger partial charge in [-0.25, -0.2) is 4.98 Å².